The number of carbonyl (C=O) groups is 2. The van der Waals surface area contributed by atoms with Gasteiger partial charge in [0.25, 0.3) is 0 Å². The standard InChI is InChI=1S/C12H25N3O4S/c1-8(2)7-10(12(17)14-3)15-11(16)9(13)5-6-20(4,18)19/h8-10H,5-7,13H2,1-4H3,(H,14,17)(H,15,16). The van der Waals surface area contributed by atoms with Crippen LogP contribution in [0.15, 0.2) is 0 Å². The summed E-state index contributed by atoms with van der Waals surface area (Å²) < 4.78 is 22.1. The summed E-state index contributed by atoms with van der Waals surface area (Å²) in [6.45, 7) is 3.87. The highest BCUT2D eigenvalue weighted by Crippen LogP contribution is 2.05. The van der Waals surface area contributed by atoms with E-state index in [0.717, 1.165) is 6.26 Å². The summed E-state index contributed by atoms with van der Waals surface area (Å²) in [4.78, 5) is 23.5. The summed E-state index contributed by atoms with van der Waals surface area (Å²) in [7, 11) is -1.67. The Morgan fingerprint density at radius 3 is 2.15 bits per heavy atom. The van der Waals surface area contributed by atoms with E-state index in [1.54, 1.807) is 0 Å². The minimum atomic E-state index is -3.16. The first-order valence-corrected chi connectivity index (χ1v) is 8.58. The monoisotopic (exact) mass is 307 g/mol. The lowest BCUT2D eigenvalue weighted by Crippen LogP contribution is -2.51. The fourth-order valence-corrected chi connectivity index (χ4v) is 2.31. The number of carbonyl (C=O) groups excluding carboxylic acids is 2. The highest BCUT2D eigenvalue weighted by Gasteiger charge is 2.24. The molecule has 0 aliphatic rings. The van der Waals surface area contributed by atoms with Gasteiger partial charge in [0.1, 0.15) is 15.9 Å². The average molecular weight is 307 g/mol. The number of nitrogens with two attached hydrogens (primary N) is 1. The van der Waals surface area contributed by atoms with Gasteiger partial charge in [-0.3, -0.25) is 9.59 Å². The normalized spacial score (nSPS) is 14.7. The molecule has 0 saturated heterocycles. The van der Waals surface area contributed by atoms with E-state index in [1.165, 1.54) is 7.05 Å². The van der Waals surface area contributed by atoms with Crippen molar-refractivity contribution < 1.29 is 18.0 Å². The lowest BCUT2D eigenvalue weighted by Gasteiger charge is -2.21. The number of rotatable bonds is 8. The molecule has 0 aromatic carbocycles. The van der Waals surface area contributed by atoms with E-state index < -0.39 is 27.8 Å². The second-order valence-electron chi connectivity index (χ2n) is 5.33. The van der Waals surface area contributed by atoms with Gasteiger partial charge in [-0.15, -0.1) is 0 Å². The molecular formula is C12H25N3O4S. The molecule has 8 heteroatoms. The van der Waals surface area contributed by atoms with E-state index >= 15 is 0 Å². The Morgan fingerprint density at radius 2 is 1.75 bits per heavy atom. The van der Waals surface area contributed by atoms with E-state index in [9.17, 15) is 18.0 Å². The van der Waals surface area contributed by atoms with Gasteiger partial charge in [-0.1, -0.05) is 13.8 Å². The van der Waals surface area contributed by atoms with Crippen LogP contribution in [0, 0.1) is 5.92 Å². The maximum Gasteiger partial charge on any atom is 0.242 e. The lowest BCUT2D eigenvalue weighted by atomic mass is 10.0. The van der Waals surface area contributed by atoms with Crippen molar-refractivity contribution in [1.29, 1.82) is 0 Å². The molecule has 0 fully saturated rings. The molecule has 2 amide bonds. The average Bonchev–Trinajstić information content (AvgIpc) is 2.32. The topological polar surface area (TPSA) is 118 Å². The molecule has 0 aromatic rings. The molecule has 0 aliphatic heterocycles. The smallest absolute Gasteiger partial charge is 0.242 e. The Morgan fingerprint density at radius 1 is 1.20 bits per heavy atom. The van der Waals surface area contributed by atoms with E-state index in [2.05, 4.69) is 10.6 Å². The molecule has 7 nitrogen and oxygen atoms in total. The minimum Gasteiger partial charge on any atom is -0.357 e. The summed E-state index contributed by atoms with van der Waals surface area (Å²) >= 11 is 0. The molecule has 0 bridgehead atoms. The molecule has 20 heavy (non-hydrogen) atoms. The van der Waals surface area contributed by atoms with Gasteiger partial charge in [0.2, 0.25) is 11.8 Å². The highest BCUT2D eigenvalue weighted by molar-refractivity contribution is 7.90. The van der Waals surface area contributed by atoms with Crippen molar-refractivity contribution in [2.24, 2.45) is 11.7 Å². The van der Waals surface area contributed by atoms with Crippen LogP contribution >= 0.6 is 0 Å². The molecule has 0 radical (unpaired) electrons. The van der Waals surface area contributed by atoms with Crippen molar-refractivity contribution >= 4 is 21.7 Å². The number of nitrogens with one attached hydrogen (secondary N) is 2. The predicted molar refractivity (Wildman–Crippen MR) is 77.8 cm³/mol. The van der Waals surface area contributed by atoms with Crippen LogP contribution < -0.4 is 16.4 Å². The van der Waals surface area contributed by atoms with Crippen LogP contribution in [-0.4, -0.2) is 51.4 Å². The molecule has 118 valence electrons. The van der Waals surface area contributed by atoms with Crippen molar-refractivity contribution in [3.63, 3.8) is 0 Å². The molecule has 0 spiro atoms. The van der Waals surface area contributed by atoms with Crippen molar-refractivity contribution in [3.8, 4) is 0 Å². The second kappa shape index (κ2) is 8.21. The van der Waals surface area contributed by atoms with E-state index in [-0.39, 0.29) is 24.0 Å². The Hall–Kier alpha value is -1.15. The maximum absolute atomic E-state index is 11.9. The van der Waals surface area contributed by atoms with E-state index in [0.29, 0.717) is 6.42 Å². The SMILES string of the molecule is CNC(=O)C(CC(C)C)NC(=O)C(N)CCS(C)(=O)=O. The van der Waals surface area contributed by atoms with Crippen LogP contribution in [-0.2, 0) is 19.4 Å². The predicted octanol–water partition coefficient (Wildman–Crippen LogP) is -0.975. The Balaban J connectivity index is 4.54. The third-order valence-electron chi connectivity index (χ3n) is 2.72. The number of hydrogen-bond donors (Lipinski definition) is 3. The zero-order chi connectivity index (χ0) is 15.9. The van der Waals surface area contributed by atoms with Gasteiger partial charge in [-0.05, 0) is 18.8 Å². The third kappa shape index (κ3) is 8.11. The Bertz CT molecular complexity index is 434. The number of hydrogen-bond acceptors (Lipinski definition) is 5. The largest absolute Gasteiger partial charge is 0.357 e. The van der Waals surface area contributed by atoms with Crippen LogP contribution in [0.4, 0.5) is 0 Å². The van der Waals surface area contributed by atoms with Gasteiger partial charge in [0.05, 0.1) is 11.8 Å². The number of sulfone groups is 1. The van der Waals surface area contributed by atoms with Crippen molar-refractivity contribution in [1.82, 2.24) is 10.6 Å². The zero-order valence-electron chi connectivity index (χ0n) is 12.5. The summed E-state index contributed by atoms with van der Waals surface area (Å²) in [5, 5.41) is 5.04. The van der Waals surface area contributed by atoms with Crippen LogP contribution in [0.2, 0.25) is 0 Å². The molecular weight excluding hydrogens is 282 g/mol. The van der Waals surface area contributed by atoms with Gasteiger partial charge in [-0.2, -0.15) is 0 Å². The fraction of sp³-hybridized carbons (Fsp3) is 0.833. The summed E-state index contributed by atoms with van der Waals surface area (Å²) in [6.07, 6.45) is 1.61. The molecule has 0 aliphatic carbocycles. The summed E-state index contributed by atoms with van der Waals surface area (Å²) in [6, 6.07) is -1.60. The van der Waals surface area contributed by atoms with Gasteiger partial charge >= 0.3 is 0 Å². The van der Waals surface area contributed by atoms with Crippen LogP contribution in [0.25, 0.3) is 0 Å². The van der Waals surface area contributed by atoms with Crippen LogP contribution in [0.5, 0.6) is 0 Å². The molecule has 0 aromatic heterocycles. The van der Waals surface area contributed by atoms with Gasteiger partial charge in [-0.25, -0.2) is 8.42 Å². The number of amides is 2. The first kappa shape index (κ1) is 18.9. The minimum absolute atomic E-state index is 0.0345. The molecule has 0 heterocycles. The zero-order valence-corrected chi connectivity index (χ0v) is 13.3. The third-order valence-corrected chi connectivity index (χ3v) is 3.70. The molecule has 2 atom stereocenters. The van der Waals surface area contributed by atoms with Crippen molar-refractivity contribution in [3.05, 3.63) is 0 Å². The second-order valence-corrected chi connectivity index (χ2v) is 7.59. The Kier molecular flexibility index (Phi) is 7.74. The van der Waals surface area contributed by atoms with Gasteiger partial charge in [0, 0.05) is 13.3 Å². The molecule has 0 saturated carbocycles. The first-order chi connectivity index (χ1) is 9.06. The molecule has 0 rings (SSSR count). The quantitative estimate of drug-likeness (QED) is 0.533. The van der Waals surface area contributed by atoms with Crippen LogP contribution in [0.1, 0.15) is 26.7 Å². The van der Waals surface area contributed by atoms with Crippen molar-refractivity contribution in [2.75, 3.05) is 19.1 Å². The molecule has 4 N–H and O–H groups in total. The Labute approximate surface area is 120 Å². The fourth-order valence-electron chi connectivity index (χ4n) is 1.63. The highest BCUT2D eigenvalue weighted by atomic mass is 32.2. The number of likely N-dealkylation sites (N-methyl/N-ethyl adjacent to an activating group) is 1. The lowest BCUT2D eigenvalue weighted by molar-refractivity contribution is -0.129. The van der Waals surface area contributed by atoms with Gasteiger partial charge in [0.15, 0.2) is 0 Å². The van der Waals surface area contributed by atoms with E-state index in [1.807, 2.05) is 13.8 Å². The van der Waals surface area contributed by atoms with Crippen LogP contribution in [0.3, 0.4) is 0 Å². The molecule has 2 unspecified atom stereocenters. The first-order valence-electron chi connectivity index (χ1n) is 6.52. The van der Waals surface area contributed by atoms with Gasteiger partial charge < -0.3 is 16.4 Å². The van der Waals surface area contributed by atoms with E-state index in [4.69, 9.17) is 5.73 Å². The summed E-state index contributed by atoms with van der Waals surface area (Å²) in [5.41, 5.74) is 5.64. The maximum atomic E-state index is 11.9. The van der Waals surface area contributed by atoms with Crippen molar-refractivity contribution in [2.45, 2.75) is 38.8 Å². The summed E-state index contributed by atoms with van der Waals surface area (Å²) in [5.74, 6) is -0.730.